The topological polar surface area (TPSA) is 129 Å². The van der Waals surface area contributed by atoms with Crippen molar-refractivity contribution in [3.63, 3.8) is 0 Å². The van der Waals surface area contributed by atoms with Gasteiger partial charge in [0.15, 0.2) is 0 Å². The highest BCUT2D eigenvalue weighted by Crippen LogP contribution is 2.21. The van der Waals surface area contributed by atoms with Gasteiger partial charge in [0.1, 0.15) is 0 Å². The Balaban J connectivity index is 5.39. The Morgan fingerprint density at radius 3 is 1.33 bits per heavy atom. The van der Waals surface area contributed by atoms with Crippen molar-refractivity contribution in [2.45, 2.75) is 222 Å². The summed E-state index contributed by atoms with van der Waals surface area (Å²) in [6.07, 6.45) is 24.2. The van der Waals surface area contributed by atoms with Gasteiger partial charge in [-0.2, -0.15) is 0 Å². The number of carbonyl (C=O) groups excluding carboxylic acids is 5. The van der Waals surface area contributed by atoms with E-state index in [1.807, 2.05) is 4.90 Å². The molecule has 0 spiro atoms. The second kappa shape index (κ2) is 44.5. The Labute approximate surface area is 396 Å². The number of hydrogen-bond acceptors (Lipinski definition) is 11. The maximum Gasteiger partial charge on any atom is 0.308 e. The normalized spacial score (nSPS) is 12.8. The predicted molar refractivity (Wildman–Crippen MR) is 265 cm³/mol. The van der Waals surface area contributed by atoms with Gasteiger partial charge in [0, 0.05) is 37.6 Å². The van der Waals surface area contributed by atoms with E-state index in [2.05, 4.69) is 53.4 Å². The maximum absolute atomic E-state index is 13.6. The van der Waals surface area contributed by atoms with Gasteiger partial charge >= 0.3 is 23.9 Å². The fourth-order valence-electron chi connectivity index (χ4n) is 7.72. The Kier molecular flexibility index (Phi) is 42.9. The van der Waals surface area contributed by atoms with Gasteiger partial charge in [-0.15, -0.1) is 0 Å². The molecule has 0 heterocycles. The van der Waals surface area contributed by atoms with Crippen molar-refractivity contribution in [1.82, 2.24) is 9.80 Å². The fourth-order valence-corrected chi connectivity index (χ4v) is 8.51. The number of hydrogen-bond donors (Lipinski definition) is 0. The van der Waals surface area contributed by atoms with E-state index in [1.165, 1.54) is 24.6 Å². The minimum atomic E-state index is -0.393. The SMILES string of the molecule is CCCCCCC(CCCC)C(=O)OCCCCC(=O)OCC(COC(=O)CCCCOC(=O)C(CCCC)CCCCCC)CN(CCCCCC)C(=O)SCCCN(CC)CC. The third-order valence-electron chi connectivity index (χ3n) is 12.0. The molecule has 1 amide bonds. The molecular weight excluding hydrogens is 829 g/mol. The van der Waals surface area contributed by atoms with Gasteiger partial charge in [-0.1, -0.05) is 157 Å². The lowest BCUT2D eigenvalue weighted by atomic mass is 9.95. The molecule has 0 aliphatic carbocycles. The zero-order valence-corrected chi connectivity index (χ0v) is 43.2. The summed E-state index contributed by atoms with van der Waals surface area (Å²) in [6.45, 7) is 19.5. The summed E-state index contributed by atoms with van der Waals surface area (Å²) in [7, 11) is 0. The summed E-state index contributed by atoms with van der Waals surface area (Å²) < 4.78 is 22.8. The zero-order chi connectivity index (χ0) is 47.5. The molecule has 0 rings (SSSR count). The van der Waals surface area contributed by atoms with Crippen LogP contribution in [0.5, 0.6) is 0 Å². The third-order valence-corrected chi connectivity index (χ3v) is 13.0. The van der Waals surface area contributed by atoms with Crippen molar-refractivity contribution in [3.05, 3.63) is 0 Å². The number of carbonyl (C=O) groups is 5. The molecule has 0 radical (unpaired) electrons. The van der Waals surface area contributed by atoms with Crippen LogP contribution in [0.2, 0.25) is 0 Å². The van der Waals surface area contributed by atoms with E-state index in [4.69, 9.17) is 18.9 Å². The minimum Gasteiger partial charge on any atom is -0.465 e. The van der Waals surface area contributed by atoms with Crippen molar-refractivity contribution >= 4 is 40.9 Å². The molecule has 0 aliphatic heterocycles. The Hall–Kier alpha value is -2.34. The molecule has 2 unspecified atom stereocenters. The van der Waals surface area contributed by atoms with Crippen LogP contribution in [-0.2, 0) is 38.1 Å². The molecule has 0 saturated carbocycles. The van der Waals surface area contributed by atoms with Gasteiger partial charge < -0.3 is 28.7 Å². The summed E-state index contributed by atoms with van der Waals surface area (Å²) in [5.41, 5.74) is 0. The van der Waals surface area contributed by atoms with Gasteiger partial charge in [-0.05, 0) is 83.8 Å². The van der Waals surface area contributed by atoms with E-state index in [-0.39, 0.29) is 80.2 Å². The van der Waals surface area contributed by atoms with Crippen LogP contribution in [0, 0.1) is 17.8 Å². The molecule has 0 aromatic heterocycles. The van der Waals surface area contributed by atoms with Gasteiger partial charge in [-0.25, -0.2) is 0 Å². The first-order chi connectivity index (χ1) is 31.1. The lowest BCUT2D eigenvalue weighted by Gasteiger charge is -2.27. The van der Waals surface area contributed by atoms with Crippen molar-refractivity contribution in [3.8, 4) is 0 Å². The van der Waals surface area contributed by atoms with Crippen LogP contribution in [-0.4, -0.2) is 104 Å². The fraction of sp³-hybridized carbons (Fsp3) is 0.904. The van der Waals surface area contributed by atoms with Gasteiger partial charge in [0.2, 0.25) is 0 Å². The molecule has 0 fully saturated rings. The lowest BCUT2D eigenvalue weighted by molar-refractivity contribution is -0.150. The minimum absolute atomic E-state index is 0.00132. The monoisotopic (exact) mass is 927 g/mol. The van der Waals surface area contributed by atoms with Crippen LogP contribution >= 0.6 is 11.8 Å². The van der Waals surface area contributed by atoms with E-state index in [0.29, 0.717) is 38.8 Å². The van der Waals surface area contributed by atoms with Crippen molar-refractivity contribution in [2.75, 3.05) is 64.9 Å². The standard InChI is InChI=1S/C52H98N2O9S/c1-8-15-20-23-33-46(31-18-11-4)50(57)60-39-28-25-35-48(55)62-43-45(42-54(38-27-22-17-10-3)52(59)64-41-30-37-53(13-6)14-7)44-63-49(56)36-26-29-40-61-51(58)47(32-19-12-5)34-24-21-16-9-2/h45-47H,8-44H2,1-7H3. The average Bonchev–Trinajstić information content (AvgIpc) is 3.29. The van der Waals surface area contributed by atoms with Crippen molar-refractivity contribution in [2.24, 2.45) is 17.8 Å². The highest BCUT2D eigenvalue weighted by atomic mass is 32.2. The summed E-state index contributed by atoms with van der Waals surface area (Å²) in [4.78, 5) is 69.5. The first kappa shape index (κ1) is 61.7. The van der Waals surface area contributed by atoms with Crippen LogP contribution in [0.4, 0.5) is 4.79 Å². The number of ether oxygens (including phenoxy) is 4. The van der Waals surface area contributed by atoms with Crippen LogP contribution in [0.25, 0.3) is 0 Å². The molecule has 0 bridgehead atoms. The van der Waals surface area contributed by atoms with Gasteiger partial charge in [-0.3, -0.25) is 24.0 Å². The average molecular weight is 927 g/mol. The Morgan fingerprint density at radius 1 is 0.453 bits per heavy atom. The number of thioether (sulfide) groups is 1. The molecule has 64 heavy (non-hydrogen) atoms. The summed E-state index contributed by atoms with van der Waals surface area (Å²) >= 11 is 1.33. The van der Waals surface area contributed by atoms with E-state index >= 15 is 0 Å². The van der Waals surface area contributed by atoms with Crippen LogP contribution < -0.4 is 0 Å². The molecular formula is C52H98N2O9S. The van der Waals surface area contributed by atoms with Gasteiger partial charge in [0.05, 0.1) is 38.3 Å². The second-order valence-electron chi connectivity index (χ2n) is 17.9. The lowest BCUT2D eigenvalue weighted by Crippen LogP contribution is -2.38. The molecule has 11 nitrogen and oxygen atoms in total. The van der Waals surface area contributed by atoms with Crippen LogP contribution in [0.15, 0.2) is 0 Å². The Bertz CT molecular complexity index is 1090. The molecule has 0 aromatic carbocycles. The quantitative estimate of drug-likeness (QED) is 0.0329. The van der Waals surface area contributed by atoms with E-state index in [9.17, 15) is 24.0 Å². The number of esters is 4. The van der Waals surface area contributed by atoms with E-state index < -0.39 is 5.92 Å². The number of amides is 1. The number of rotatable bonds is 45. The zero-order valence-electron chi connectivity index (χ0n) is 42.4. The maximum atomic E-state index is 13.6. The van der Waals surface area contributed by atoms with Crippen molar-refractivity contribution < 1.29 is 42.9 Å². The van der Waals surface area contributed by atoms with Gasteiger partial charge in [0.25, 0.3) is 5.24 Å². The first-order valence-electron chi connectivity index (χ1n) is 26.4. The predicted octanol–water partition coefficient (Wildman–Crippen LogP) is 13.1. The number of unbranched alkanes of at least 4 members (excludes halogenated alkanes) is 13. The van der Waals surface area contributed by atoms with Crippen molar-refractivity contribution in [1.29, 1.82) is 0 Å². The largest absolute Gasteiger partial charge is 0.465 e. The third kappa shape index (κ3) is 34.9. The van der Waals surface area contributed by atoms with E-state index in [1.54, 1.807) is 0 Å². The van der Waals surface area contributed by atoms with Crippen LogP contribution in [0.1, 0.15) is 222 Å². The first-order valence-corrected chi connectivity index (χ1v) is 27.4. The van der Waals surface area contributed by atoms with E-state index in [0.717, 1.165) is 147 Å². The Morgan fingerprint density at radius 2 is 0.891 bits per heavy atom. The summed E-state index contributed by atoms with van der Waals surface area (Å²) in [6, 6.07) is 0. The number of nitrogens with zero attached hydrogens (tertiary/aromatic N) is 2. The molecule has 2 atom stereocenters. The highest BCUT2D eigenvalue weighted by Gasteiger charge is 2.24. The molecule has 0 aliphatic rings. The smallest absolute Gasteiger partial charge is 0.308 e. The summed E-state index contributed by atoms with van der Waals surface area (Å²) in [5, 5.41) is -0.00132. The highest BCUT2D eigenvalue weighted by molar-refractivity contribution is 8.13. The second-order valence-corrected chi connectivity index (χ2v) is 18.9. The molecule has 0 saturated heterocycles. The molecule has 12 heteroatoms. The molecule has 376 valence electrons. The summed E-state index contributed by atoms with van der Waals surface area (Å²) in [5.74, 6) is -0.754. The molecule has 0 aromatic rings. The molecule has 0 N–H and O–H groups in total. The van der Waals surface area contributed by atoms with Crippen LogP contribution in [0.3, 0.4) is 0 Å².